The molecule has 2 aromatic heterocycles. The molecule has 3 rings (SSSR count). The zero-order valence-corrected chi connectivity index (χ0v) is 15.1. The van der Waals surface area contributed by atoms with E-state index in [1.165, 1.54) is 18.4 Å². The van der Waals surface area contributed by atoms with Crippen molar-refractivity contribution in [3.8, 4) is 0 Å². The number of benzene rings is 1. The van der Waals surface area contributed by atoms with E-state index in [1.807, 2.05) is 0 Å². The Morgan fingerprint density at radius 2 is 1.89 bits per heavy atom. The monoisotopic (exact) mass is 415 g/mol. The van der Waals surface area contributed by atoms with Crippen molar-refractivity contribution in [2.75, 3.05) is 0 Å². The van der Waals surface area contributed by atoms with Crippen LogP contribution in [0, 0.1) is 0 Å². The van der Waals surface area contributed by atoms with Gasteiger partial charge in [0.2, 0.25) is 15.8 Å². The Hall–Kier alpha value is -2.43. The van der Waals surface area contributed by atoms with Crippen molar-refractivity contribution in [1.82, 2.24) is 4.72 Å². The van der Waals surface area contributed by atoms with Gasteiger partial charge in [-0.1, -0.05) is 6.07 Å². The summed E-state index contributed by atoms with van der Waals surface area (Å²) in [4.78, 5) is 12.5. The highest BCUT2D eigenvalue weighted by atomic mass is 32.2. The van der Waals surface area contributed by atoms with Crippen molar-refractivity contribution in [3.05, 3.63) is 75.9 Å². The second-order valence-corrected chi connectivity index (χ2v) is 8.36. The fourth-order valence-corrected chi connectivity index (χ4v) is 4.25. The molecule has 0 aliphatic heterocycles. The van der Waals surface area contributed by atoms with Crippen molar-refractivity contribution < 1.29 is 30.8 Å². The number of halogens is 3. The molecule has 0 aliphatic rings. The first-order valence-corrected chi connectivity index (χ1v) is 9.80. The molecule has 0 unspecified atom stereocenters. The zero-order chi connectivity index (χ0) is 19.7. The highest BCUT2D eigenvalue weighted by Crippen LogP contribution is 2.30. The summed E-state index contributed by atoms with van der Waals surface area (Å²) >= 11 is 1.07. The summed E-state index contributed by atoms with van der Waals surface area (Å²) in [6.07, 6.45) is -3.27. The molecule has 1 aromatic carbocycles. The Bertz CT molecular complexity index is 1050. The van der Waals surface area contributed by atoms with Crippen molar-refractivity contribution in [2.24, 2.45) is 0 Å². The summed E-state index contributed by atoms with van der Waals surface area (Å²) in [5.41, 5.74) is -1.05. The lowest BCUT2D eigenvalue weighted by molar-refractivity contribution is -0.137. The molecule has 0 radical (unpaired) electrons. The van der Waals surface area contributed by atoms with Gasteiger partial charge in [0.05, 0.1) is 21.6 Å². The largest absolute Gasteiger partial charge is 0.461 e. The summed E-state index contributed by atoms with van der Waals surface area (Å²) < 4.78 is 70.0. The minimum Gasteiger partial charge on any atom is -0.461 e. The maximum atomic E-state index is 12.7. The van der Waals surface area contributed by atoms with Gasteiger partial charge in [-0.05, 0) is 42.5 Å². The fourth-order valence-electron chi connectivity index (χ4n) is 2.21. The molecule has 3 aromatic rings. The number of sulfonamides is 1. The number of hydrogen-bond donors (Lipinski definition) is 1. The number of ketones is 1. The Balaban J connectivity index is 1.72. The molecule has 0 amide bonds. The molecule has 1 N–H and O–H groups in total. The van der Waals surface area contributed by atoms with Crippen LogP contribution in [0.2, 0.25) is 0 Å². The third-order valence-corrected chi connectivity index (χ3v) is 6.02. The van der Waals surface area contributed by atoms with E-state index in [1.54, 1.807) is 12.1 Å². The highest BCUT2D eigenvalue weighted by Gasteiger charge is 2.31. The third kappa shape index (κ3) is 4.46. The minimum atomic E-state index is -4.64. The highest BCUT2D eigenvalue weighted by molar-refractivity contribution is 7.89. The predicted molar refractivity (Wildman–Crippen MR) is 91.9 cm³/mol. The first-order chi connectivity index (χ1) is 12.7. The molecular formula is C17H12F3NO4S2. The number of carbonyl (C=O) groups excluding carboxylic acids is 1. The summed E-state index contributed by atoms with van der Waals surface area (Å²) in [5, 5.41) is 0. The van der Waals surface area contributed by atoms with Crippen molar-refractivity contribution in [1.29, 1.82) is 0 Å². The van der Waals surface area contributed by atoms with Gasteiger partial charge in [-0.2, -0.15) is 13.2 Å². The maximum absolute atomic E-state index is 12.7. The zero-order valence-electron chi connectivity index (χ0n) is 13.5. The number of nitrogens with one attached hydrogen (secondary N) is 1. The molecule has 0 spiro atoms. The quantitative estimate of drug-likeness (QED) is 0.616. The van der Waals surface area contributed by atoms with E-state index in [9.17, 15) is 26.4 Å². The van der Waals surface area contributed by atoms with Crippen LogP contribution in [0.1, 0.15) is 25.9 Å². The van der Waals surface area contributed by atoms with Gasteiger partial charge in [-0.3, -0.25) is 4.79 Å². The molecule has 0 fully saturated rings. The van der Waals surface area contributed by atoms with Gasteiger partial charge in [0.1, 0.15) is 0 Å². The number of carbonyl (C=O) groups is 1. The van der Waals surface area contributed by atoms with E-state index >= 15 is 0 Å². The van der Waals surface area contributed by atoms with Crippen LogP contribution in [-0.4, -0.2) is 14.2 Å². The molecule has 10 heteroatoms. The SMILES string of the molecule is O=C(c1ccco1)c1ccc(CNS(=O)(=O)c2cccc(C(F)(F)F)c2)s1. The Morgan fingerprint density at radius 1 is 1.11 bits per heavy atom. The molecule has 5 nitrogen and oxygen atoms in total. The minimum absolute atomic E-state index is 0.158. The number of furan rings is 1. The first-order valence-electron chi connectivity index (χ1n) is 7.51. The van der Waals surface area contributed by atoms with Crippen LogP contribution in [0.4, 0.5) is 13.2 Å². The van der Waals surface area contributed by atoms with Crippen molar-refractivity contribution in [2.45, 2.75) is 17.6 Å². The van der Waals surface area contributed by atoms with Crippen LogP contribution in [0.5, 0.6) is 0 Å². The average molecular weight is 415 g/mol. The van der Waals surface area contributed by atoms with Crippen LogP contribution < -0.4 is 4.72 Å². The summed E-state index contributed by atoms with van der Waals surface area (Å²) in [7, 11) is -4.14. The Kier molecular flexibility index (Phi) is 5.22. The Labute approximate surface area is 156 Å². The predicted octanol–water partition coefficient (Wildman–Crippen LogP) is 4.07. The van der Waals surface area contributed by atoms with Gasteiger partial charge in [0, 0.05) is 11.4 Å². The van der Waals surface area contributed by atoms with E-state index in [4.69, 9.17) is 4.42 Å². The lowest BCUT2D eigenvalue weighted by Gasteiger charge is -2.10. The number of thiophene rings is 1. The molecule has 2 heterocycles. The van der Waals surface area contributed by atoms with E-state index in [0.717, 1.165) is 29.5 Å². The average Bonchev–Trinajstić information content (AvgIpc) is 3.31. The van der Waals surface area contributed by atoms with Crippen LogP contribution in [-0.2, 0) is 22.7 Å². The van der Waals surface area contributed by atoms with E-state index in [2.05, 4.69) is 4.72 Å². The van der Waals surface area contributed by atoms with E-state index in [0.29, 0.717) is 15.8 Å². The van der Waals surface area contributed by atoms with Crippen molar-refractivity contribution >= 4 is 27.1 Å². The van der Waals surface area contributed by atoms with E-state index in [-0.39, 0.29) is 18.1 Å². The number of alkyl halides is 3. The van der Waals surface area contributed by atoms with Crippen LogP contribution in [0.3, 0.4) is 0 Å². The second-order valence-electron chi connectivity index (χ2n) is 5.42. The summed E-state index contributed by atoms with van der Waals surface area (Å²) in [5.74, 6) is -0.176. The molecule has 0 bridgehead atoms. The fraction of sp³-hybridized carbons (Fsp3) is 0.118. The summed E-state index contributed by atoms with van der Waals surface area (Å²) in [6, 6.07) is 9.66. The van der Waals surface area contributed by atoms with Gasteiger partial charge in [0.15, 0.2) is 5.76 Å². The molecule has 142 valence electrons. The molecule has 0 saturated heterocycles. The first kappa shape index (κ1) is 19.3. The topological polar surface area (TPSA) is 76.4 Å². The Morgan fingerprint density at radius 3 is 2.56 bits per heavy atom. The molecule has 0 aliphatic carbocycles. The van der Waals surface area contributed by atoms with Gasteiger partial charge >= 0.3 is 6.18 Å². The molecule has 0 saturated carbocycles. The standard InChI is InChI=1S/C17H12F3NO4S2/c18-17(19,20)11-3-1-4-13(9-11)27(23,24)21-10-12-6-7-15(26-12)16(22)14-5-2-8-25-14/h1-9,21H,10H2. The normalized spacial score (nSPS) is 12.3. The molecule has 0 atom stereocenters. The van der Waals surface area contributed by atoms with Crippen molar-refractivity contribution in [3.63, 3.8) is 0 Å². The van der Waals surface area contributed by atoms with Gasteiger partial charge in [0.25, 0.3) is 0 Å². The van der Waals surface area contributed by atoms with Crippen LogP contribution >= 0.6 is 11.3 Å². The van der Waals surface area contributed by atoms with Crippen LogP contribution in [0.15, 0.2) is 64.1 Å². The van der Waals surface area contributed by atoms with Gasteiger partial charge in [-0.15, -0.1) is 11.3 Å². The van der Waals surface area contributed by atoms with Gasteiger partial charge in [-0.25, -0.2) is 13.1 Å². The molecule has 27 heavy (non-hydrogen) atoms. The van der Waals surface area contributed by atoms with Gasteiger partial charge < -0.3 is 4.42 Å². The number of rotatable bonds is 6. The number of hydrogen-bond acceptors (Lipinski definition) is 5. The molecular weight excluding hydrogens is 403 g/mol. The summed E-state index contributed by atoms with van der Waals surface area (Å²) in [6.45, 7) is -0.158. The lowest BCUT2D eigenvalue weighted by Crippen LogP contribution is -2.23. The smallest absolute Gasteiger partial charge is 0.416 e. The third-order valence-electron chi connectivity index (χ3n) is 3.54. The van der Waals surface area contributed by atoms with E-state index < -0.39 is 26.7 Å². The second kappa shape index (κ2) is 7.29. The maximum Gasteiger partial charge on any atom is 0.416 e. The van der Waals surface area contributed by atoms with Crippen LogP contribution in [0.25, 0.3) is 0 Å². The lowest BCUT2D eigenvalue weighted by atomic mass is 10.2.